The lowest BCUT2D eigenvalue weighted by Gasteiger charge is -2.32. The molecule has 8 nitrogen and oxygen atoms in total. The summed E-state index contributed by atoms with van der Waals surface area (Å²) < 4.78 is 2.03. The molecule has 2 aliphatic rings. The number of aliphatic hydroxyl groups excluding tert-OH is 2. The molecule has 0 unspecified atom stereocenters. The van der Waals surface area contributed by atoms with E-state index in [-0.39, 0.29) is 5.92 Å². The number of aryl methyl sites for hydroxylation is 1. The summed E-state index contributed by atoms with van der Waals surface area (Å²) in [5, 5.41) is 27.9. The highest BCUT2D eigenvalue weighted by atomic mass is 16.3. The molecule has 2 fully saturated rings. The van der Waals surface area contributed by atoms with Gasteiger partial charge >= 0.3 is 0 Å². The first-order valence-corrected chi connectivity index (χ1v) is 14.1. The molecule has 0 radical (unpaired) electrons. The minimum absolute atomic E-state index is 0.111. The molecular formula is C31H38N6O2. The van der Waals surface area contributed by atoms with Crippen molar-refractivity contribution in [2.45, 2.75) is 75.0 Å². The van der Waals surface area contributed by atoms with Gasteiger partial charge in [0.15, 0.2) is 0 Å². The van der Waals surface area contributed by atoms with E-state index in [4.69, 9.17) is 5.73 Å². The molecular weight excluding hydrogens is 488 g/mol. The number of nitrogens with one attached hydrogen (secondary N) is 1. The second-order valence-corrected chi connectivity index (χ2v) is 11.4. The Bertz CT molecular complexity index is 1510. The van der Waals surface area contributed by atoms with Gasteiger partial charge < -0.3 is 25.8 Å². The van der Waals surface area contributed by atoms with Crippen molar-refractivity contribution in [1.29, 1.82) is 0 Å². The highest BCUT2D eigenvalue weighted by Crippen LogP contribution is 2.47. The van der Waals surface area contributed by atoms with E-state index >= 15 is 0 Å². The van der Waals surface area contributed by atoms with Gasteiger partial charge in [0.1, 0.15) is 29.7 Å². The van der Waals surface area contributed by atoms with Gasteiger partial charge in [-0.15, -0.1) is 6.58 Å². The lowest BCUT2D eigenvalue weighted by Crippen LogP contribution is -2.43. The fourth-order valence-electron chi connectivity index (χ4n) is 6.99. The summed E-state index contributed by atoms with van der Waals surface area (Å²) in [5.74, 6) is 1.58. The number of hydrogen-bond donors (Lipinski definition) is 4. The van der Waals surface area contributed by atoms with Crippen molar-refractivity contribution < 1.29 is 10.2 Å². The SMILES string of the molecule is C=C[C@@]1(n2cc(C3CCCCC3)c3c(N)ncnc32)C[C@H](CCc2ccc3ccc(NC)nc3c2)[C@@H](O)[C@H]1O. The fourth-order valence-corrected chi connectivity index (χ4v) is 6.99. The predicted molar refractivity (Wildman–Crippen MR) is 156 cm³/mol. The monoisotopic (exact) mass is 526 g/mol. The van der Waals surface area contributed by atoms with Gasteiger partial charge in [-0.3, -0.25) is 0 Å². The highest BCUT2D eigenvalue weighted by molar-refractivity contribution is 5.90. The van der Waals surface area contributed by atoms with Crippen LogP contribution in [-0.4, -0.2) is 49.0 Å². The third-order valence-corrected chi connectivity index (χ3v) is 9.21. The Labute approximate surface area is 229 Å². The van der Waals surface area contributed by atoms with Crippen molar-refractivity contribution in [2.24, 2.45) is 5.92 Å². The maximum absolute atomic E-state index is 11.5. The zero-order chi connectivity index (χ0) is 27.1. The van der Waals surface area contributed by atoms with Gasteiger partial charge in [0.2, 0.25) is 0 Å². The molecule has 39 heavy (non-hydrogen) atoms. The lowest BCUT2D eigenvalue weighted by atomic mass is 9.84. The van der Waals surface area contributed by atoms with Crippen LogP contribution < -0.4 is 11.1 Å². The van der Waals surface area contributed by atoms with Gasteiger partial charge in [-0.05, 0) is 73.3 Å². The fraction of sp³-hybridized carbons (Fsp3) is 0.452. The van der Waals surface area contributed by atoms with Crippen LogP contribution in [0.1, 0.15) is 62.0 Å². The number of nitrogens with zero attached hydrogens (tertiary/aromatic N) is 4. The summed E-state index contributed by atoms with van der Waals surface area (Å²) in [6.45, 7) is 4.15. The number of fused-ring (bicyclic) bond motifs is 2. The molecule has 2 aliphatic carbocycles. The predicted octanol–water partition coefficient (Wildman–Crippen LogP) is 4.91. The minimum Gasteiger partial charge on any atom is -0.390 e. The van der Waals surface area contributed by atoms with Crippen LogP contribution in [0.4, 0.5) is 11.6 Å². The first-order chi connectivity index (χ1) is 18.9. The van der Waals surface area contributed by atoms with E-state index < -0.39 is 17.7 Å². The molecule has 3 heterocycles. The van der Waals surface area contributed by atoms with Crippen LogP contribution in [-0.2, 0) is 12.0 Å². The third-order valence-electron chi connectivity index (χ3n) is 9.21. The number of hydrogen-bond acceptors (Lipinski definition) is 7. The van der Waals surface area contributed by atoms with Crippen molar-refractivity contribution in [1.82, 2.24) is 19.5 Å². The largest absolute Gasteiger partial charge is 0.390 e. The van der Waals surface area contributed by atoms with Gasteiger partial charge in [-0.2, -0.15) is 0 Å². The topological polar surface area (TPSA) is 122 Å². The van der Waals surface area contributed by atoms with E-state index in [9.17, 15) is 10.2 Å². The minimum atomic E-state index is -1.01. The van der Waals surface area contributed by atoms with Crippen molar-refractivity contribution in [3.63, 3.8) is 0 Å². The summed E-state index contributed by atoms with van der Waals surface area (Å²) in [5.41, 5.74) is 9.48. The van der Waals surface area contributed by atoms with E-state index in [1.807, 2.05) is 17.7 Å². The lowest BCUT2D eigenvalue weighted by molar-refractivity contribution is -0.0106. The van der Waals surface area contributed by atoms with E-state index in [1.54, 1.807) is 6.08 Å². The van der Waals surface area contributed by atoms with Gasteiger partial charge in [-0.25, -0.2) is 15.0 Å². The van der Waals surface area contributed by atoms with Gasteiger partial charge in [-0.1, -0.05) is 37.5 Å². The molecule has 204 valence electrons. The van der Waals surface area contributed by atoms with Crippen molar-refractivity contribution >= 4 is 33.6 Å². The molecule has 8 heteroatoms. The Balaban J connectivity index is 1.31. The number of nitrogens with two attached hydrogens (primary N) is 1. The summed E-state index contributed by atoms with van der Waals surface area (Å²) in [6, 6.07) is 10.4. The molecule has 0 saturated heterocycles. The van der Waals surface area contributed by atoms with E-state index in [0.29, 0.717) is 23.8 Å². The van der Waals surface area contributed by atoms with Crippen molar-refractivity contribution in [3.8, 4) is 0 Å². The van der Waals surface area contributed by atoms with E-state index in [2.05, 4.69) is 57.3 Å². The molecule has 4 atom stereocenters. The van der Waals surface area contributed by atoms with Crippen LogP contribution in [0.2, 0.25) is 0 Å². The van der Waals surface area contributed by atoms with Gasteiger partial charge in [0.05, 0.1) is 22.5 Å². The average molecular weight is 527 g/mol. The van der Waals surface area contributed by atoms with Crippen LogP contribution in [0.25, 0.3) is 21.9 Å². The average Bonchev–Trinajstić information content (AvgIpc) is 3.49. The highest BCUT2D eigenvalue weighted by Gasteiger charge is 2.52. The maximum atomic E-state index is 11.5. The quantitative estimate of drug-likeness (QED) is 0.253. The van der Waals surface area contributed by atoms with E-state index in [0.717, 1.165) is 58.9 Å². The van der Waals surface area contributed by atoms with Gasteiger partial charge in [0.25, 0.3) is 0 Å². The summed E-state index contributed by atoms with van der Waals surface area (Å²) in [6.07, 6.45) is 11.4. The Kier molecular flexibility index (Phi) is 6.77. The Morgan fingerprint density at radius 3 is 2.72 bits per heavy atom. The molecule has 0 amide bonds. The first kappa shape index (κ1) is 25.8. The standard InChI is InChI=1S/C31H38N6O2/c1-3-31(37-17-23(20-7-5-4-6-8-20)26-29(32)34-18-35-30(26)37)16-22(27(38)28(31)39)12-10-19-9-11-21-13-14-25(33-2)36-24(21)15-19/h3,9,11,13-15,17-18,20,22,27-28,38-39H,1,4-8,10,12,16H2,2H3,(H,33,36)(H2,32,34,35)/t22-,27+,28+,31+/m0/s1. The van der Waals surface area contributed by atoms with Crippen LogP contribution in [0.5, 0.6) is 0 Å². The van der Waals surface area contributed by atoms with Crippen LogP contribution in [0, 0.1) is 5.92 Å². The van der Waals surface area contributed by atoms with Crippen molar-refractivity contribution in [2.75, 3.05) is 18.1 Å². The van der Waals surface area contributed by atoms with Gasteiger partial charge in [0, 0.05) is 18.6 Å². The normalized spacial score (nSPS) is 25.9. The molecule has 0 aliphatic heterocycles. The van der Waals surface area contributed by atoms with Crippen LogP contribution in [0.15, 0.2) is 55.5 Å². The number of rotatable bonds is 7. The Hall–Kier alpha value is -3.49. The number of anilines is 2. The zero-order valence-electron chi connectivity index (χ0n) is 22.6. The molecule has 2 saturated carbocycles. The first-order valence-electron chi connectivity index (χ1n) is 14.1. The number of aromatic nitrogens is 4. The zero-order valence-corrected chi connectivity index (χ0v) is 22.6. The molecule has 0 bridgehead atoms. The number of benzene rings is 1. The summed E-state index contributed by atoms with van der Waals surface area (Å²) in [7, 11) is 1.86. The summed E-state index contributed by atoms with van der Waals surface area (Å²) >= 11 is 0. The number of pyridine rings is 1. The maximum Gasteiger partial charge on any atom is 0.146 e. The second-order valence-electron chi connectivity index (χ2n) is 11.4. The smallest absolute Gasteiger partial charge is 0.146 e. The second kappa shape index (κ2) is 10.2. The summed E-state index contributed by atoms with van der Waals surface area (Å²) in [4.78, 5) is 13.6. The van der Waals surface area contributed by atoms with Crippen LogP contribution >= 0.6 is 0 Å². The molecule has 0 spiro atoms. The molecule has 3 aromatic heterocycles. The molecule has 1 aromatic carbocycles. The molecule has 6 rings (SSSR count). The Morgan fingerprint density at radius 2 is 1.95 bits per heavy atom. The molecule has 5 N–H and O–H groups in total. The number of aliphatic hydroxyl groups is 2. The van der Waals surface area contributed by atoms with E-state index in [1.165, 1.54) is 25.6 Å². The number of nitrogen functional groups attached to an aromatic ring is 1. The molecule has 4 aromatic rings. The third kappa shape index (κ3) is 4.36. The Morgan fingerprint density at radius 1 is 1.15 bits per heavy atom. The van der Waals surface area contributed by atoms with Crippen molar-refractivity contribution in [3.05, 3.63) is 66.6 Å². The van der Waals surface area contributed by atoms with Crippen LogP contribution in [0.3, 0.4) is 0 Å².